The minimum Gasteiger partial charge on any atom is -0.455 e. The lowest BCUT2D eigenvalue weighted by Gasteiger charge is -2.16. The van der Waals surface area contributed by atoms with Crippen LogP contribution in [-0.4, -0.2) is 19.5 Å². The molecule has 12 rings (SSSR count). The van der Waals surface area contributed by atoms with Gasteiger partial charge in [0.2, 0.25) is 0 Å². The van der Waals surface area contributed by atoms with Crippen LogP contribution in [0.25, 0.3) is 115 Å². The summed E-state index contributed by atoms with van der Waals surface area (Å²) in [6, 6.07) is 45.8. The van der Waals surface area contributed by atoms with Crippen LogP contribution in [0, 0.1) is 0 Å². The van der Waals surface area contributed by atoms with E-state index in [-0.39, 0.29) is 58.1 Å². The molecule has 4 heterocycles. The third kappa shape index (κ3) is 5.04. The Hall–Kier alpha value is -7.41. The molecule has 4 aromatic heterocycles. The summed E-state index contributed by atoms with van der Waals surface area (Å²) in [5.41, 5.74) is 6.01. The second-order valence-corrected chi connectivity index (χ2v) is 15.0. The monoisotopic (exact) mass is 752 g/mol. The Balaban J connectivity index is 1.17. The number of rotatable bonds is 5. The Morgan fingerprint density at radius 2 is 1.09 bits per heavy atom. The summed E-state index contributed by atoms with van der Waals surface area (Å²) in [7, 11) is 0. The molecule has 0 aliphatic heterocycles. The second kappa shape index (κ2) is 12.6. The van der Waals surface area contributed by atoms with Crippen LogP contribution in [0.5, 0.6) is 0 Å². The summed E-state index contributed by atoms with van der Waals surface area (Å²) in [6.07, 6.45) is 0. The molecule has 12 aromatic rings. The highest BCUT2D eigenvalue weighted by molar-refractivity contribution is 7.25. The molecule has 0 N–H and O–H groups in total. The molecule has 0 saturated heterocycles. The molecular formula is C51H30N4OS. The van der Waals surface area contributed by atoms with Crippen molar-refractivity contribution in [3.8, 4) is 51.0 Å². The molecule has 0 unspecified atom stereocenters. The Labute approximate surface area is 339 Å². The van der Waals surface area contributed by atoms with E-state index in [2.05, 4.69) is 30.3 Å². The van der Waals surface area contributed by atoms with Crippen molar-refractivity contribution >= 4 is 75.3 Å². The van der Waals surface area contributed by atoms with E-state index in [1.54, 1.807) is 15.9 Å². The van der Waals surface area contributed by atoms with Crippen molar-refractivity contribution in [3.05, 3.63) is 182 Å². The van der Waals surface area contributed by atoms with Gasteiger partial charge in [0, 0.05) is 69.5 Å². The van der Waals surface area contributed by atoms with Gasteiger partial charge in [-0.05, 0) is 36.4 Å². The average Bonchev–Trinajstić information content (AvgIpc) is 4.00. The van der Waals surface area contributed by atoms with Crippen LogP contribution in [0.15, 0.2) is 186 Å². The molecule has 6 heteroatoms. The summed E-state index contributed by atoms with van der Waals surface area (Å²) >= 11 is 1.72. The maximum Gasteiger partial charge on any atom is 0.164 e. The molecule has 0 saturated carbocycles. The lowest BCUT2D eigenvalue weighted by molar-refractivity contribution is 0.670. The van der Waals surface area contributed by atoms with E-state index in [4.69, 9.17) is 24.9 Å². The Bertz CT molecular complexity index is 3830. The van der Waals surface area contributed by atoms with Crippen molar-refractivity contribution in [2.45, 2.75) is 0 Å². The van der Waals surface area contributed by atoms with E-state index < -0.39 is 0 Å². The highest BCUT2D eigenvalue weighted by Crippen LogP contribution is 2.42. The van der Waals surface area contributed by atoms with E-state index in [0.29, 0.717) is 39.9 Å². The molecule has 266 valence electrons. The minimum absolute atomic E-state index is 0.0590. The van der Waals surface area contributed by atoms with Gasteiger partial charge in [0.1, 0.15) is 11.2 Å². The van der Waals surface area contributed by atoms with Gasteiger partial charge in [-0.3, -0.25) is 0 Å². The fourth-order valence-electron chi connectivity index (χ4n) is 8.01. The van der Waals surface area contributed by atoms with Crippen LogP contribution in [0.1, 0.15) is 8.22 Å². The van der Waals surface area contributed by atoms with Gasteiger partial charge in [0.15, 0.2) is 17.5 Å². The highest BCUT2D eigenvalue weighted by Gasteiger charge is 2.21. The van der Waals surface area contributed by atoms with Crippen molar-refractivity contribution in [2.75, 3.05) is 0 Å². The number of fused-ring (bicyclic) bond motifs is 9. The van der Waals surface area contributed by atoms with E-state index in [9.17, 15) is 2.74 Å². The van der Waals surface area contributed by atoms with Gasteiger partial charge >= 0.3 is 0 Å². The fraction of sp³-hybridized carbons (Fsp3) is 0. The number of para-hydroxylation sites is 4. The smallest absolute Gasteiger partial charge is 0.164 e. The molecule has 0 aliphatic rings. The second-order valence-electron chi connectivity index (χ2n) is 13.9. The number of nitrogens with zero attached hydrogens (tertiary/aromatic N) is 4. The standard InChI is InChI=1S/C51H30N4OS/c1-2-13-31(14-3-1)49-52-50(54-51(53-49)33-26-28-39-38-18-7-11-24-46(38)57-47(39)30-33)32-25-27-36(40-19-12-20-41-37-17-6-10-23-45(37)56-48(40)41)44(29-32)55-42-21-8-4-15-34(42)35-16-5-9-22-43(35)55/h1-30H/i4D,5D,15D,16D,21D,22D. The Morgan fingerprint density at radius 3 is 1.88 bits per heavy atom. The lowest BCUT2D eigenvalue weighted by Crippen LogP contribution is -2.02. The van der Waals surface area contributed by atoms with Crippen LogP contribution in [-0.2, 0) is 0 Å². The zero-order valence-corrected chi connectivity index (χ0v) is 30.8. The topological polar surface area (TPSA) is 56.7 Å². The van der Waals surface area contributed by atoms with E-state index >= 15 is 0 Å². The van der Waals surface area contributed by atoms with Gasteiger partial charge in [-0.2, -0.15) is 0 Å². The third-order valence-corrected chi connectivity index (χ3v) is 11.8. The van der Waals surface area contributed by atoms with Gasteiger partial charge in [0.25, 0.3) is 0 Å². The third-order valence-electron chi connectivity index (χ3n) is 10.6. The first kappa shape index (κ1) is 26.4. The summed E-state index contributed by atoms with van der Waals surface area (Å²) < 4.78 is 64.7. The Kier molecular flexibility index (Phi) is 5.82. The molecule has 0 atom stereocenters. The van der Waals surface area contributed by atoms with Crippen molar-refractivity contribution < 1.29 is 12.6 Å². The predicted molar refractivity (Wildman–Crippen MR) is 236 cm³/mol. The number of hydrogen-bond acceptors (Lipinski definition) is 5. The maximum atomic E-state index is 9.31. The van der Waals surface area contributed by atoms with Gasteiger partial charge in [-0.15, -0.1) is 11.3 Å². The van der Waals surface area contributed by atoms with E-state index in [1.807, 2.05) is 103 Å². The van der Waals surface area contributed by atoms with Crippen molar-refractivity contribution in [3.63, 3.8) is 0 Å². The minimum atomic E-state index is -0.189. The van der Waals surface area contributed by atoms with Gasteiger partial charge in [0.05, 0.1) is 24.9 Å². The first-order valence-electron chi connectivity index (χ1n) is 21.5. The van der Waals surface area contributed by atoms with Crippen LogP contribution in [0.3, 0.4) is 0 Å². The molecule has 0 fully saturated rings. The summed E-state index contributed by atoms with van der Waals surface area (Å²) in [4.78, 5) is 15.3. The molecule has 0 bridgehead atoms. The van der Waals surface area contributed by atoms with Crippen LogP contribution >= 0.6 is 11.3 Å². The van der Waals surface area contributed by atoms with Gasteiger partial charge < -0.3 is 8.98 Å². The quantitative estimate of drug-likeness (QED) is 0.176. The molecule has 0 aliphatic carbocycles. The van der Waals surface area contributed by atoms with Crippen molar-refractivity contribution in [1.82, 2.24) is 19.5 Å². The largest absolute Gasteiger partial charge is 0.455 e. The summed E-state index contributed by atoms with van der Waals surface area (Å²) in [6.45, 7) is 0. The maximum absolute atomic E-state index is 9.31. The van der Waals surface area contributed by atoms with Crippen molar-refractivity contribution in [1.29, 1.82) is 0 Å². The summed E-state index contributed by atoms with van der Waals surface area (Å²) in [5.74, 6) is 1.35. The number of furan rings is 1. The lowest BCUT2D eigenvalue weighted by atomic mass is 9.98. The molecule has 5 nitrogen and oxygen atoms in total. The number of benzene rings is 8. The van der Waals surface area contributed by atoms with Gasteiger partial charge in [-0.1, -0.05) is 145 Å². The average molecular weight is 753 g/mol. The molecule has 8 aromatic carbocycles. The molecule has 0 spiro atoms. The molecule has 0 amide bonds. The number of thiophene rings is 1. The highest BCUT2D eigenvalue weighted by atomic mass is 32.1. The zero-order valence-electron chi connectivity index (χ0n) is 36.0. The van der Waals surface area contributed by atoms with E-state index in [0.717, 1.165) is 43.1 Å². The molecule has 57 heavy (non-hydrogen) atoms. The first-order valence-corrected chi connectivity index (χ1v) is 19.3. The predicted octanol–water partition coefficient (Wildman–Crippen LogP) is 13.9. The SMILES string of the molecule is [2H]c1cc([2H])c2c(c1[2H])c1c([2H])c([2H])cc([2H])c1n2-c1cc(-c2nc(-c3ccccc3)nc(-c3ccc4c(c3)sc3ccccc34)n2)ccc1-c1cccc2c1oc1ccccc12. The normalized spacial score (nSPS) is 13.3. The molecular weight excluding hydrogens is 717 g/mol. The summed E-state index contributed by atoms with van der Waals surface area (Å²) in [5, 5.41) is 4.55. The molecule has 0 radical (unpaired) electrons. The van der Waals surface area contributed by atoms with Crippen molar-refractivity contribution in [2.24, 2.45) is 0 Å². The van der Waals surface area contributed by atoms with Crippen LogP contribution in [0.2, 0.25) is 0 Å². The van der Waals surface area contributed by atoms with Gasteiger partial charge in [-0.25, -0.2) is 15.0 Å². The number of aromatic nitrogens is 4. The number of hydrogen-bond donors (Lipinski definition) is 0. The zero-order chi connectivity index (χ0) is 42.7. The van der Waals surface area contributed by atoms with Crippen LogP contribution < -0.4 is 0 Å². The van der Waals surface area contributed by atoms with Crippen LogP contribution in [0.4, 0.5) is 0 Å². The fourth-order valence-corrected chi connectivity index (χ4v) is 9.16. The van der Waals surface area contributed by atoms with E-state index in [1.165, 1.54) is 22.2 Å². The first-order chi connectivity index (χ1) is 30.7. The Morgan fingerprint density at radius 1 is 0.456 bits per heavy atom.